The zero-order chi connectivity index (χ0) is 25.8. The van der Waals surface area contributed by atoms with Gasteiger partial charge >= 0.3 is 12.3 Å². The Morgan fingerprint density at radius 2 is 1.81 bits per heavy atom. The van der Waals surface area contributed by atoms with Crippen LogP contribution in [0.1, 0.15) is 24.1 Å². The maximum absolute atomic E-state index is 13.3. The molecule has 1 saturated carbocycles. The third kappa shape index (κ3) is 5.95. The van der Waals surface area contributed by atoms with Crippen LogP contribution < -0.4 is 24.8 Å². The van der Waals surface area contributed by atoms with Gasteiger partial charge in [0.15, 0.2) is 5.75 Å². The van der Waals surface area contributed by atoms with Crippen molar-refractivity contribution in [3.05, 3.63) is 60.6 Å². The van der Waals surface area contributed by atoms with Crippen molar-refractivity contribution in [1.29, 1.82) is 0 Å². The number of ether oxygens (including phenoxy) is 3. The monoisotopic (exact) mass is 504 g/mol. The average molecular weight is 504 g/mol. The second-order valence-corrected chi connectivity index (χ2v) is 7.66. The number of methoxy groups -OCH3 is 1. The summed E-state index contributed by atoms with van der Waals surface area (Å²) >= 11 is 0. The van der Waals surface area contributed by atoms with E-state index < -0.39 is 35.0 Å². The summed E-state index contributed by atoms with van der Waals surface area (Å²) in [6.07, 6.45) is 1.61. The van der Waals surface area contributed by atoms with Crippen LogP contribution in [0.25, 0.3) is 0 Å². The Bertz CT molecular complexity index is 1240. The number of hydrogen-bond acceptors (Lipinski definition) is 9. The van der Waals surface area contributed by atoms with E-state index in [1.807, 2.05) is 0 Å². The number of carbonyl (C=O) groups is 2. The molecule has 36 heavy (non-hydrogen) atoms. The van der Waals surface area contributed by atoms with E-state index in [-0.39, 0.29) is 23.9 Å². The number of nitrogens with zero attached hydrogens (tertiary/aromatic N) is 4. The fourth-order valence-electron chi connectivity index (χ4n) is 3.09. The van der Waals surface area contributed by atoms with Gasteiger partial charge in [-0.15, -0.1) is 0 Å². The molecule has 11 nitrogen and oxygen atoms in total. The summed E-state index contributed by atoms with van der Waals surface area (Å²) in [5.41, 5.74) is -1.81. The number of carbonyl (C=O) groups excluding carboxylic acids is 2. The normalized spacial score (nSPS) is 13.9. The number of nitrogens with one attached hydrogen (secondary N) is 2. The van der Waals surface area contributed by atoms with E-state index >= 15 is 0 Å². The summed E-state index contributed by atoms with van der Waals surface area (Å²) in [6, 6.07) is 3.26. The molecule has 1 aromatic carbocycles. The van der Waals surface area contributed by atoms with Gasteiger partial charge in [-0.2, -0.15) is 13.2 Å². The van der Waals surface area contributed by atoms with Gasteiger partial charge in [-0.05, 0) is 31.0 Å². The molecule has 1 aliphatic rings. The van der Waals surface area contributed by atoms with Crippen molar-refractivity contribution in [3.63, 3.8) is 0 Å². The van der Waals surface area contributed by atoms with E-state index in [4.69, 9.17) is 14.2 Å². The van der Waals surface area contributed by atoms with Crippen molar-refractivity contribution in [2.24, 2.45) is 0 Å². The molecule has 2 aromatic heterocycles. The molecule has 2 N–H and O–H groups in total. The summed E-state index contributed by atoms with van der Waals surface area (Å²) in [6.45, 7) is -0.0343. The van der Waals surface area contributed by atoms with Crippen LogP contribution in [-0.4, -0.2) is 44.6 Å². The van der Waals surface area contributed by atoms with E-state index in [9.17, 15) is 22.8 Å². The molecule has 2 heterocycles. The maximum atomic E-state index is 13.3. The lowest BCUT2D eigenvalue weighted by atomic mass is 10.2. The third-order valence-electron chi connectivity index (χ3n) is 5.09. The van der Waals surface area contributed by atoms with Gasteiger partial charge in [0.1, 0.15) is 28.9 Å². The minimum absolute atomic E-state index is 0.0251. The zero-order valence-corrected chi connectivity index (χ0v) is 18.7. The van der Waals surface area contributed by atoms with Crippen LogP contribution in [0.15, 0.2) is 49.3 Å². The number of rotatable bonds is 8. The second-order valence-electron chi connectivity index (χ2n) is 7.66. The van der Waals surface area contributed by atoms with Crippen molar-refractivity contribution < 1.29 is 37.0 Å². The summed E-state index contributed by atoms with van der Waals surface area (Å²) in [4.78, 5) is 40.1. The van der Waals surface area contributed by atoms with Crippen LogP contribution in [0.3, 0.4) is 0 Å². The maximum Gasteiger partial charge on any atom is 0.420 e. The molecule has 0 bridgehead atoms. The lowest BCUT2D eigenvalue weighted by molar-refractivity contribution is -0.138. The number of amides is 2. The Kier molecular flexibility index (Phi) is 6.85. The molecule has 188 valence electrons. The summed E-state index contributed by atoms with van der Waals surface area (Å²) in [5, 5.41) is 5.17. The molecule has 0 saturated heterocycles. The molecule has 2 amide bonds. The quantitative estimate of drug-likeness (QED) is 0.474. The molecule has 4 rings (SSSR count). The zero-order valence-electron chi connectivity index (χ0n) is 18.7. The van der Waals surface area contributed by atoms with Crippen LogP contribution in [0.5, 0.6) is 23.1 Å². The Hall–Kier alpha value is -4.49. The highest BCUT2D eigenvalue weighted by atomic mass is 19.4. The van der Waals surface area contributed by atoms with Crippen LogP contribution >= 0.6 is 0 Å². The first-order chi connectivity index (χ1) is 17.2. The van der Waals surface area contributed by atoms with Crippen LogP contribution in [0, 0.1) is 0 Å². The van der Waals surface area contributed by atoms with E-state index in [0.29, 0.717) is 18.5 Å². The fourth-order valence-corrected chi connectivity index (χ4v) is 3.09. The molecule has 3 aromatic rings. The van der Waals surface area contributed by atoms with Crippen LogP contribution in [0.4, 0.5) is 18.0 Å². The molecule has 14 heteroatoms. The van der Waals surface area contributed by atoms with E-state index in [1.165, 1.54) is 38.1 Å². The Balaban J connectivity index is 1.32. The van der Waals surface area contributed by atoms with Crippen molar-refractivity contribution in [3.8, 4) is 23.1 Å². The summed E-state index contributed by atoms with van der Waals surface area (Å²) < 4.78 is 55.2. The predicted molar refractivity (Wildman–Crippen MR) is 115 cm³/mol. The van der Waals surface area contributed by atoms with Gasteiger partial charge in [-0.1, -0.05) is 0 Å². The number of benzene rings is 1. The fraction of sp³-hybridized carbons (Fsp3) is 0.273. The second kappa shape index (κ2) is 10.0. The van der Waals surface area contributed by atoms with Crippen molar-refractivity contribution >= 4 is 12.0 Å². The molecule has 0 radical (unpaired) electrons. The minimum atomic E-state index is -4.67. The lowest BCUT2D eigenvalue weighted by Crippen LogP contribution is -2.49. The summed E-state index contributed by atoms with van der Waals surface area (Å²) in [7, 11) is 1.26. The van der Waals surface area contributed by atoms with E-state index in [1.54, 1.807) is 0 Å². The van der Waals surface area contributed by atoms with Gasteiger partial charge in [0, 0.05) is 0 Å². The van der Waals surface area contributed by atoms with Gasteiger partial charge in [-0.3, -0.25) is 9.78 Å². The standard InChI is InChI=1S/C22H19F3N6O5/c1-34-14-2-3-17(16(6-14)22(23,24)25)36-18-11-28-13(7-29-18)8-30-19(32)21(4-5-21)31-20(33)35-15-9-26-12-27-10-15/h2-3,6-7,9-12H,4-5,8H2,1H3,(H,30,32)(H,31,33). The molecule has 1 aliphatic carbocycles. The minimum Gasteiger partial charge on any atom is -0.497 e. The molecule has 1 fully saturated rings. The number of alkyl halides is 3. The topological polar surface area (TPSA) is 137 Å². The van der Waals surface area contributed by atoms with Gasteiger partial charge in [0.2, 0.25) is 11.8 Å². The van der Waals surface area contributed by atoms with Crippen molar-refractivity contribution in [2.45, 2.75) is 31.1 Å². The third-order valence-corrected chi connectivity index (χ3v) is 5.09. The van der Waals surface area contributed by atoms with Crippen LogP contribution in [-0.2, 0) is 17.5 Å². The Morgan fingerprint density at radius 3 is 2.42 bits per heavy atom. The molecular formula is C22H19F3N6O5. The molecule has 0 atom stereocenters. The highest BCUT2D eigenvalue weighted by Crippen LogP contribution is 2.40. The SMILES string of the molecule is COc1ccc(Oc2cnc(CNC(=O)C3(NC(=O)Oc4cncnc4)CC3)cn2)c(C(F)(F)F)c1. The first-order valence-electron chi connectivity index (χ1n) is 10.5. The Labute approximate surface area is 202 Å². The lowest BCUT2D eigenvalue weighted by Gasteiger charge is -2.17. The van der Waals surface area contributed by atoms with Crippen molar-refractivity contribution in [1.82, 2.24) is 30.6 Å². The number of halogens is 3. The highest BCUT2D eigenvalue weighted by Gasteiger charge is 2.51. The van der Waals surface area contributed by atoms with Gasteiger partial charge < -0.3 is 24.8 Å². The van der Waals surface area contributed by atoms with E-state index in [2.05, 4.69) is 30.6 Å². The van der Waals surface area contributed by atoms with Gasteiger partial charge in [0.05, 0.1) is 44.1 Å². The first-order valence-corrected chi connectivity index (χ1v) is 10.5. The average Bonchev–Trinajstić information content (AvgIpc) is 3.64. The molecule has 0 aliphatic heterocycles. The first kappa shape index (κ1) is 24.6. The largest absolute Gasteiger partial charge is 0.497 e. The predicted octanol–water partition coefficient (Wildman–Crippen LogP) is 3.02. The molecular weight excluding hydrogens is 485 g/mol. The molecule has 0 unspecified atom stereocenters. The van der Waals surface area contributed by atoms with Gasteiger partial charge in [-0.25, -0.2) is 19.7 Å². The van der Waals surface area contributed by atoms with E-state index in [0.717, 1.165) is 18.3 Å². The Morgan fingerprint density at radius 1 is 1.06 bits per heavy atom. The van der Waals surface area contributed by atoms with Gasteiger partial charge in [0.25, 0.3) is 0 Å². The van der Waals surface area contributed by atoms with Crippen molar-refractivity contribution in [2.75, 3.05) is 7.11 Å². The smallest absolute Gasteiger partial charge is 0.420 e. The summed E-state index contributed by atoms with van der Waals surface area (Å²) in [5.74, 6) is -0.931. The molecule has 0 spiro atoms. The number of aromatic nitrogens is 4. The number of hydrogen-bond donors (Lipinski definition) is 2. The van der Waals surface area contributed by atoms with Crippen LogP contribution in [0.2, 0.25) is 0 Å². The highest BCUT2D eigenvalue weighted by molar-refractivity contribution is 5.93.